The molecule has 0 aromatic carbocycles. The average Bonchev–Trinajstić information content (AvgIpc) is 2.74. The summed E-state index contributed by atoms with van der Waals surface area (Å²) < 4.78 is 7.12. The highest BCUT2D eigenvalue weighted by Crippen LogP contribution is 2.16. The van der Waals surface area contributed by atoms with Crippen LogP contribution in [0.25, 0.3) is 0 Å². The van der Waals surface area contributed by atoms with Crippen LogP contribution < -0.4 is 0 Å². The Morgan fingerprint density at radius 3 is 2.79 bits per heavy atom. The Morgan fingerprint density at radius 1 is 1.43 bits per heavy atom. The molecule has 0 bridgehead atoms. The van der Waals surface area contributed by atoms with E-state index < -0.39 is 0 Å². The van der Waals surface area contributed by atoms with E-state index in [1.165, 1.54) is 0 Å². The molecule has 0 N–H and O–H groups in total. The Morgan fingerprint density at radius 2 is 2.21 bits per heavy atom. The van der Waals surface area contributed by atoms with Gasteiger partial charge >= 0.3 is 0 Å². The van der Waals surface area contributed by atoms with Crippen molar-refractivity contribution in [2.24, 2.45) is 0 Å². The molecule has 1 aliphatic rings. The van der Waals surface area contributed by atoms with Gasteiger partial charge in [0.1, 0.15) is 12.5 Å². The lowest BCUT2D eigenvalue weighted by Crippen LogP contribution is -2.41. The van der Waals surface area contributed by atoms with Gasteiger partial charge in [0.05, 0.1) is 13.2 Å². The molecule has 0 spiro atoms. The topological polar surface area (TPSA) is 56.1 Å². The van der Waals surface area contributed by atoms with E-state index in [1.54, 1.807) is 6.33 Å². The smallest absolute Gasteiger partial charge is 0.140 e. The minimum atomic E-state index is 0.272. The van der Waals surface area contributed by atoms with Crippen molar-refractivity contribution in [2.45, 2.75) is 19.5 Å². The fourth-order valence-corrected chi connectivity index (χ4v) is 1.79. The Kier molecular flexibility index (Phi) is 3.05. The van der Waals surface area contributed by atoms with Crippen LogP contribution >= 0.6 is 0 Å². The van der Waals surface area contributed by atoms with Gasteiger partial charge in [0.25, 0.3) is 0 Å². The number of hydrogen-bond donors (Lipinski definition) is 0. The van der Waals surface area contributed by atoms with Crippen LogP contribution in [0.15, 0.2) is 6.33 Å². The Hall–Kier alpha value is -1.01. The van der Waals surface area contributed by atoms with Crippen LogP contribution in [0.1, 0.15) is 19.5 Å². The molecule has 6 heteroatoms. The van der Waals surface area contributed by atoms with E-state index in [0.717, 1.165) is 32.7 Å². The summed E-state index contributed by atoms with van der Waals surface area (Å²) in [6.45, 7) is 5.66. The van der Waals surface area contributed by atoms with Crippen molar-refractivity contribution in [1.82, 2.24) is 25.1 Å². The van der Waals surface area contributed by atoms with Gasteiger partial charge in [-0.3, -0.25) is 4.90 Å². The van der Waals surface area contributed by atoms with Crippen LogP contribution in [0, 0.1) is 0 Å². The second-order valence-electron chi connectivity index (χ2n) is 3.33. The number of morpholine rings is 1. The van der Waals surface area contributed by atoms with Gasteiger partial charge in [0, 0.05) is 13.1 Å². The molecule has 14 heavy (non-hydrogen) atoms. The first-order valence-electron chi connectivity index (χ1n) is 4.96. The summed E-state index contributed by atoms with van der Waals surface area (Å²) in [5.41, 5.74) is 0. The number of tetrazole rings is 1. The monoisotopic (exact) mass is 197 g/mol. The van der Waals surface area contributed by atoms with Crippen molar-refractivity contribution in [3.63, 3.8) is 0 Å². The zero-order valence-electron chi connectivity index (χ0n) is 8.33. The van der Waals surface area contributed by atoms with Crippen LogP contribution in [0.4, 0.5) is 0 Å². The first-order valence-corrected chi connectivity index (χ1v) is 4.96. The summed E-state index contributed by atoms with van der Waals surface area (Å²) in [5, 5.41) is 11.3. The van der Waals surface area contributed by atoms with Crippen molar-refractivity contribution < 1.29 is 4.74 Å². The van der Waals surface area contributed by atoms with Crippen LogP contribution in [0.2, 0.25) is 0 Å². The van der Waals surface area contributed by atoms with Crippen LogP contribution in [-0.2, 0) is 4.74 Å². The number of nitrogens with zero attached hydrogens (tertiary/aromatic N) is 5. The standard InChI is InChI=1S/C8H15N5O/c1-2-8(13-7-9-10-11-13)12-3-5-14-6-4-12/h7-8H,2-6H2,1H3. The zero-order valence-corrected chi connectivity index (χ0v) is 8.33. The minimum Gasteiger partial charge on any atom is -0.379 e. The largest absolute Gasteiger partial charge is 0.379 e. The van der Waals surface area contributed by atoms with Crippen molar-refractivity contribution in [3.05, 3.63) is 6.33 Å². The highest BCUT2D eigenvalue weighted by Gasteiger charge is 2.21. The van der Waals surface area contributed by atoms with E-state index in [4.69, 9.17) is 4.74 Å². The Bertz CT molecular complexity index is 257. The minimum absolute atomic E-state index is 0.272. The molecule has 1 atom stereocenters. The molecule has 2 heterocycles. The molecule has 0 aliphatic carbocycles. The predicted octanol–water partition coefficient (Wildman–Crippen LogP) is -0.0861. The third kappa shape index (κ3) is 1.91. The fourth-order valence-electron chi connectivity index (χ4n) is 1.79. The van der Waals surface area contributed by atoms with Crippen molar-refractivity contribution in [2.75, 3.05) is 26.3 Å². The summed E-state index contributed by atoms with van der Waals surface area (Å²) in [4.78, 5) is 2.35. The lowest BCUT2D eigenvalue weighted by molar-refractivity contribution is -0.00672. The summed E-state index contributed by atoms with van der Waals surface area (Å²) >= 11 is 0. The number of ether oxygens (including phenoxy) is 1. The summed E-state index contributed by atoms with van der Waals surface area (Å²) in [6, 6.07) is 0. The molecule has 1 aliphatic heterocycles. The maximum atomic E-state index is 5.31. The van der Waals surface area contributed by atoms with Crippen molar-refractivity contribution in [3.8, 4) is 0 Å². The van der Waals surface area contributed by atoms with E-state index in [0.29, 0.717) is 0 Å². The summed E-state index contributed by atoms with van der Waals surface area (Å²) in [6.07, 6.45) is 2.95. The molecule has 6 nitrogen and oxygen atoms in total. The number of hydrogen-bond acceptors (Lipinski definition) is 5. The predicted molar refractivity (Wildman–Crippen MR) is 49.5 cm³/mol. The first-order chi connectivity index (χ1) is 6.92. The fraction of sp³-hybridized carbons (Fsp3) is 0.875. The Balaban J connectivity index is 2.04. The molecule has 1 aromatic rings. The van der Waals surface area contributed by atoms with Gasteiger partial charge in [-0.05, 0) is 16.8 Å². The molecular weight excluding hydrogens is 182 g/mol. The van der Waals surface area contributed by atoms with E-state index >= 15 is 0 Å². The molecule has 1 fully saturated rings. The van der Waals surface area contributed by atoms with Gasteiger partial charge in [-0.1, -0.05) is 6.92 Å². The van der Waals surface area contributed by atoms with Crippen LogP contribution in [0.5, 0.6) is 0 Å². The summed E-state index contributed by atoms with van der Waals surface area (Å²) in [5.74, 6) is 0. The second kappa shape index (κ2) is 4.47. The van der Waals surface area contributed by atoms with E-state index in [-0.39, 0.29) is 6.17 Å². The normalized spacial score (nSPS) is 20.9. The maximum Gasteiger partial charge on any atom is 0.140 e. The lowest BCUT2D eigenvalue weighted by Gasteiger charge is -2.33. The van der Waals surface area contributed by atoms with Gasteiger partial charge in [0.2, 0.25) is 0 Å². The van der Waals surface area contributed by atoms with E-state index in [1.807, 2.05) is 4.68 Å². The van der Waals surface area contributed by atoms with Crippen molar-refractivity contribution in [1.29, 1.82) is 0 Å². The molecule has 0 radical (unpaired) electrons. The molecule has 0 amide bonds. The van der Waals surface area contributed by atoms with Gasteiger partial charge in [-0.2, -0.15) is 0 Å². The molecule has 1 aromatic heterocycles. The molecule has 0 saturated carbocycles. The maximum absolute atomic E-state index is 5.31. The Labute approximate surface area is 82.8 Å². The van der Waals surface area contributed by atoms with E-state index in [2.05, 4.69) is 27.3 Å². The molecule has 1 saturated heterocycles. The lowest BCUT2D eigenvalue weighted by atomic mass is 10.3. The van der Waals surface area contributed by atoms with E-state index in [9.17, 15) is 0 Å². The molecular formula is C8H15N5O. The van der Waals surface area contributed by atoms with Gasteiger partial charge in [-0.15, -0.1) is 5.10 Å². The third-order valence-electron chi connectivity index (χ3n) is 2.50. The molecule has 2 rings (SSSR count). The number of rotatable bonds is 3. The quantitative estimate of drug-likeness (QED) is 0.678. The number of aromatic nitrogens is 4. The molecule has 1 unspecified atom stereocenters. The zero-order chi connectivity index (χ0) is 9.80. The highest BCUT2D eigenvalue weighted by molar-refractivity contribution is 4.69. The molecule has 78 valence electrons. The highest BCUT2D eigenvalue weighted by atomic mass is 16.5. The average molecular weight is 197 g/mol. The van der Waals surface area contributed by atoms with Gasteiger partial charge < -0.3 is 4.74 Å². The van der Waals surface area contributed by atoms with Crippen LogP contribution in [-0.4, -0.2) is 51.4 Å². The second-order valence-corrected chi connectivity index (χ2v) is 3.33. The summed E-state index contributed by atoms with van der Waals surface area (Å²) in [7, 11) is 0. The third-order valence-corrected chi connectivity index (χ3v) is 2.50. The van der Waals surface area contributed by atoms with Crippen molar-refractivity contribution >= 4 is 0 Å². The van der Waals surface area contributed by atoms with Gasteiger partial charge in [0.15, 0.2) is 0 Å². The van der Waals surface area contributed by atoms with Crippen LogP contribution in [0.3, 0.4) is 0 Å². The first kappa shape index (κ1) is 9.54. The SMILES string of the molecule is CCC(N1CCOCC1)n1cnnn1. The van der Waals surface area contributed by atoms with Gasteiger partial charge in [-0.25, -0.2) is 4.68 Å².